The van der Waals surface area contributed by atoms with E-state index in [2.05, 4.69) is 66.0 Å². The fourth-order valence-electron chi connectivity index (χ4n) is 2.22. The van der Waals surface area contributed by atoms with Gasteiger partial charge in [-0.25, -0.2) is 0 Å². The van der Waals surface area contributed by atoms with Gasteiger partial charge in [-0.05, 0) is 31.7 Å². The summed E-state index contributed by atoms with van der Waals surface area (Å²) in [7, 11) is 2.12. The van der Waals surface area contributed by atoms with E-state index in [-0.39, 0.29) is 6.04 Å². The summed E-state index contributed by atoms with van der Waals surface area (Å²) in [6.07, 6.45) is 5.63. The van der Waals surface area contributed by atoms with Gasteiger partial charge in [0.05, 0.1) is 6.04 Å². The molecular weight excluding hydrogens is 206 g/mol. The molecular formula is C16H29N. The Hall–Kier alpha value is -0.740. The lowest BCUT2D eigenvalue weighted by molar-refractivity contribution is 0.153. The van der Waals surface area contributed by atoms with Crippen molar-refractivity contribution >= 4 is 0 Å². The predicted molar refractivity (Wildman–Crippen MR) is 77.8 cm³/mol. The molecule has 0 radical (unpaired) electrons. The Morgan fingerprint density at radius 3 is 1.88 bits per heavy atom. The van der Waals surface area contributed by atoms with E-state index in [1.54, 1.807) is 0 Å². The fourth-order valence-corrected chi connectivity index (χ4v) is 2.22. The Balaban J connectivity index is 4.75. The van der Waals surface area contributed by atoms with Crippen molar-refractivity contribution in [1.29, 1.82) is 0 Å². The first-order valence-electron chi connectivity index (χ1n) is 6.60. The van der Waals surface area contributed by atoms with Gasteiger partial charge in [-0.15, -0.1) is 6.42 Å². The maximum absolute atomic E-state index is 5.63. The Kier molecular flexibility index (Phi) is 6.57. The van der Waals surface area contributed by atoms with Crippen LogP contribution in [0.2, 0.25) is 0 Å². The van der Waals surface area contributed by atoms with Crippen LogP contribution in [-0.4, -0.2) is 24.0 Å². The zero-order chi connectivity index (χ0) is 13.7. The molecule has 0 aliphatic rings. The van der Waals surface area contributed by atoms with Crippen molar-refractivity contribution in [3.63, 3.8) is 0 Å². The van der Waals surface area contributed by atoms with Crippen LogP contribution in [0.5, 0.6) is 0 Å². The summed E-state index contributed by atoms with van der Waals surface area (Å²) in [6.45, 7) is 17.5. The van der Waals surface area contributed by atoms with Crippen LogP contribution in [0.1, 0.15) is 41.5 Å². The molecule has 1 heteroatoms. The molecule has 3 atom stereocenters. The molecule has 0 saturated heterocycles. The molecule has 0 aromatic heterocycles. The van der Waals surface area contributed by atoms with E-state index in [0.29, 0.717) is 23.8 Å². The van der Waals surface area contributed by atoms with Gasteiger partial charge < -0.3 is 0 Å². The summed E-state index contributed by atoms with van der Waals surface area (Å²) >= 11 is 0. The van der Waals surface area contributed by atoms with Crippen molar-refractivity contribution in [3.05, 3.63) is 12.2 Å². The molecule has 0 aliphatic heterocycles. The highest BCUT2D eigenvalue weighted by Crippen LogP contribution is 2.25. The normalized spacial score (nSPS) is 17.0. The molecule has 17 heavy (non-hydrogen) atoms. The summed E-state index contributed by atoms with van der Waals surface area (Å²) in [5.41, 5.74) is 1.31. The first-order chi connectivity index (χ1) is 7.73. The standard InChI is InChI=1S/C16H29N/c1-10-16(12(4)5)17(9)15(8)14(7)13(6)11(2)3/h1,11-12,14-16H,6H2,2-5,7-9H3. The second-order valence-electron chi connectivity index (χ2n) is 5.78. The zero-order valence-electron chi connectivity index (χ0n) is 12.6. The number of rotatable bonds is 6. The van der Waals surface area contributed by atoms with Crippen LogP contribution < -0.4 is 0 Å². The zero-order valence-corrected chi connectivity index (χ0v) is 12.6. The van der Waals surface area contributed by atoms with E-state index >= 15 is 0 Å². The first-order valence-corrected chi connectivity index (χ1v) is 6.60. The van der Waals surface area contributed by atoms with Crippen molar-refractivity contribution in [3.8, 4) is 12.3 Å². The Labute approximate surface area is 108 Å². The van der Waals surface area contributed by atoms with Crippen LogP contribution in [0.15, 0.2) is 12.2 Å². The Morgan fingerprint density at radius 1 is 1.12 bits per heavy atom. The van der Waals surface area contributed by atoms with Gasteiger partial charge in [-0.1, -0.05) is 52.7 Å². The summed E-state index contributed by atoms with van der Waals surface area (Å²) in [4.78, 5) is 2.31. The minimum Gasteiger partial charge on any atom is -0.289 e. The van der Waals surface area contributed by atoms with E-state index < -0.39 is 0 Å². The molecule has 0 bridgehead atoms. The average molecular weight is 235 g/mol. The second kappa shape index (κ2) is 6.87. The van der Waals surface area contributed by atoms with Crippen molar-refractivity contribution in [2.45, 2.75) is 53.6 Å². The lowest BCUT2D eigenvalue weighted by Gasteiger charge is -2.37. The van der Waals surface area contributed by atoms with Gasteiger partial charge in [0.25, 0.3) is 0 Å². The fraction of sp³-hybridized carbons (Fsp3) is 0.750. The molecule has 1 nitrogen and oxygen atoms in total. The Bertz CT molecular complexity index is 282. The van der Waals surface area contributed by atoms with Gasteiger partial charge >= 0.3 is 0 Å². The summed E-state index contributed by atoms with van der Waals surface area (Å²) < 4.78 is 0. The molecule has 0 saturated carbocycles. The SMILES string of the molecule is C#CC(C(C)C)N(C)C(C)C(C)C(=C)C(C)C. The predicted octanol–water partition coefficient (Wildman–Crippen LogP) is 3.81. The molecule has 0 rings (SSSR count). The Morgan fingerprint density at radius 2 is 1.59 bits per heavy atom. The van der Waals surface area contributed by atoms with E-state index in [4.69, 9.17) is 6.42 Å². The van der Waals surface area contributed by atoms with E-state index in [0.717, 1.165) is 0 Å². The average Bonchev–Trinajstić information content (AvgIpc) is 2.26. The molecule has 0 aromatic carbocycles. The third-order valence-corrected chi connectivity index (χ3v) is 3.93. The highest BCUT2D eigenvalue weighted by atomic mass is 15.2. The third-order valence-electron chi connectivity index (χ3n) is 3.93. The molecule has 0 fully saturated rings. The smallest absolute Gasteiger partial charge is 0.0735 e. The van der Waals surface area contributed by atoms with Crippen LogP contribution in [0.4, 0.5) is 0 Å². The van der Waals surface area contributed by atoms with Gasteiger partial charge in [0, 0.05) is 6.04 Å². The van der Waals surface area contributed by atoms with Crippen LogP contribution in [-0.2, 0) is 0 Å². The van der Waals surface area contributed by atoms with Crippen molar-refractivity contribution in [2.24, 2.45) is 17.8 Å². The van der Waals surface area contributed by atoms with Gasteiger partial charge in [0.15, 0.2) is 0 Å². The molecule has 0 amide bonds. The summed E-state index contributed by atoms with van der Waals surface area (Å²) in [5.74, 6) is 4.38. The molecule has 0 aliphatic carbocycles. The van der Waals surface area contributed by atoms with E-state index in [1.165, 1.54) is 5.57 Å². The molecule has 0 spiro atoms. The highest BCUT2D eigenvalue weighted by Gasteiger charge is 2.26. The molecule has 3 unspecified atom stereocenters. The van der Waals surface area contributed by atoms with Gasteiger partial charge in [-0.3, -0.25) is 4.90 Å². The van der Waals surface area contributed by atoms with Gasteiger partial charge in [0.1, 0.15) is 0 Å². The monoisotopic (exact) mass is 235 g/mol. The lowest BCUT2D eigenvalue weighted by Crippen LogP contribution is -2.44. The number of terminal acetylenes is 1. The van der Waals surface area contributed by atoms with Gasteiger partial charge in [-0.2, -0.15) is 0 Å². The third kappa shape index (κ3) is 4.21. The van der Waals surface area contributed by atoms with Crippen LogP contribution >= 0.6 is 0 Å². The van der Waals surface area contributed by atoms with E-state index in [1.807, 2.05) is 0 Å². The van der Waals surface area contributed by atoms with E-state index in [9.17, 15) is 0 Å². The number of hydrogen-bond acceptors (Lipinski definition) is 1. The number of nitrogens with zero attached hydrogens (tertiary/aromatic N) is 1. The van der Waals surface area contributed by atoms with Crippen LogP contribution in [0.3, 0.4) is 0 Å². The summed E-state index contributed by atoms with van der Waals surface area (Å²) in [6, 6.07) is 0.626. The molecule has 98 valence electrons. The summed E-state index contributed by atoms with van der Waals surface area (Å²) in [5, 5.41) is 0. The van der Waals surface area contributed by atoms with Crippen molar-refractivity contribution in [2.75, 3.05) is 7.05 Å². The maximum atomic E-state index is 5.63. The lowest BCUT2D eigenvalue weighted by atomic mass is 9.86. The first kappa shape index (κ1) is 16.3. The number of hydrogen-bond donors (Lipinski definition) is 0. The highest BCUT2D eigenvalue weighted by molar-refractivity contribution is 5.08. The molecule has 0 N–H and O–H groups in total. The largest absolute Gasteiger partial charge is 0.289 e. The minimum atomic E-state index is 0.201. The van der Waals surface area contributed by atoms with Crippen molar-refractivity contribution in [1.82, 2.24) is 4.90 Å². The maximum Gasteiger partial charge on any atom is 0.0735 e. The van der Waals surface area contributed by atoms with Crippen LogP contribution in [0.25, 0.3) is 0 Å². The van der Waals surface area contributed by atoms with Crippen molar-refractivity contribution < 1.29 is 0 Å². The molecule has 0 heterocycles. The van der Waals surface area contributed by atoms with Gasteiger partial charge in [0.2, 0.25) is 0 Å². The second-order valence-corrected chi connectivity index (χ2v) is 5.78. The minimum absolute atomic E-state index is 0.201. The molecule has 0 aromatic rings. The quantitative estimate of drug-likeness (QED) is 0.500. The topological polar surface area (TPSA) is 3.24 Å². The van der Waals surface area contributed by atoms with Crippen LogP contribution in [0, 0.1) is 30.1 Å².